The monoisotopic (exact) mass is 934 g/mol. The number of anilines is 1. The van der Waals surface area contributed by atoms with Gasteiger partial charge in [0.2, 0.25) is 23.7 Å². The van der Waals surface area contributed by atoms with Gasteiger partial charge in [-0.05, 0) is 63.9 Å². The van der Waals surface area contributed by atoms with Gasteiger partial charge >= 0.3 is 0 Å². The van der Waals surface area contributed by atoms with Crippen molar-refractivity contribution in [2.24, 2.45) is 17.4 Å². The number of carbonyl (C=O) groups is 5. The van der Waals surface area contributed by atoms with Crippen LogP contribution in [0.1, 0.15) is 97.2 Å². The number of nitrogens with zero attached hydrogens (tertiary/aromatic N) is 9. The molecule has 0 unspecified atom stereocenters. The number of piperazine rings is 1. The largest absolute Gasteiger partial charge is 0.494 e. The number of Topliss-reactive ketones (excluding diaryl/α,β-unsaturated/α-hetero) is 1. The Labute approximate surface area is 392 Å². The Kier molecular flexibility index (Phi) is 14.8. The molecule has 67 heavy (non-hydrogen) atoms. The third-order valence-electron chi connectivity index (χ3n) is 11.6. The van der Waals surface area contributed by atoms with E-state index in [0.717, 1.165) is 30.3 Å². The number of benzene rings is 2. The molecule has 0 saturated carbocycles. The number of amides is 4. The summed E-state index contributed by atoms with van der Waals surface area (Å²) in [6, 6.07) is 7.99. The molecule has 5 N–H and O–H groups in total. The average molecular weight is 935 g/mol. The van der Waals surface area contributed by atoms with Crippen molar-refractivity contribution in [1.29, 1.82) is 0 Å². The van der Waals surface area contributed by atoms with Crippen molar-refractivity contribution in [3.63, 3.8) is 0 Å². The fraction of sp³-hybridized carbons (Fsp3) is 0.426. The molecule has 0 atom stereocenters. The second-order valence-electron chi connectivity index (χ2n) is 16.7. The second kappa shape index (κ2) is 20.7. The molecule has 1 aliphatic heterocycles. The van der Waals surface area contributed by atoms with Crippen molar-refractivity contribution in [3.05, 3.63) is 86.4 Å². The first-order valence-corrected chi connectivity index (χ1v) is 23.3. The van der Waals surface area contributed by atoms with Crippen molar-refractivity contribution >= 4 is 68.8 Å². The molecule has 0 spiro atoms. The Bertz CT molecular complexity index is 2880. The molecule has 1 fully saturated rings. The van der Waals surface area contributed by atoms with Crippen molar-refractivity contribution in [3.8, 4) is 11.5 Å². The number of methoxy groups -OCH3 is 1. The average Bonchev–Trinajstić information content (AvgIpc) is 4.07. The number of nitrogens with one attached hydrogen (secondary N) is 1. The summed E-state index contributed by atoms with van der Waals surface area (Å²) in [5.41, 5.74) is 15.6. The van der Waals surface area contributed by atoms with Gasteiger partial charge in [0.05, 0.1) is 52.4 Å². The van der Waals surface area contributed by atoms with Gasteiger partial charge in [0.15, 0.2) is 5.78 Å². The number of hydrogen-bond acceptors (Lipinski definition) is 13. The minimum atomic E-state index is -0.667. The molecule has 0 aliphatic carbocycles. The SMILES string of the molecule is CCc1nc(C)sc1C(=O)Cc1nc2cc(C(N)=O)cc(OC)c2n1C/C=C/Cn1c(NC(=O)c2cc(C)nn2CC)nc2cc(C(N)=O)cc(OCCCN3CCN(C(=O)C(C)C)CC3)c21. The van der Waals surface area contributed by atoms with Crippen LogP contribution in [0.25, 0.3) is 22.1 Å². The highest BCUT2D eigenvalue weighted by Crippen LogP contribution is 2.33. The Morgan fingerprint density at radius 1 is 0.851 bits per heavy atom. The van der Waals surface area contributed by atoms with Gasteiger partial charge in [-0.25, -0.2) is 15.0 Å². The summed E-state index contributed by atoms with van der Waals surface area (Å²) >= 11 is 1.35. The number of ketones is 1. The fourth-order valence-electron chi connectivity index (χ4n) is 8.34. The molecule has 2 aromatic carbocycles. The Hall–Kier alpha value is -6.93. The Morgan fingerprint density at radius 3 is 2.12 bits per heavy atom. The van der Waals surface area contributed by atoms with Gasteiger partial charge in [-0.2, -0.15) is 5.10 Å². The highest BCUT2D eigenvalue weighted by Gasteiger charge is 2.26. The van der Waals surface area contributed by atoms with Crippen molar-refractivity contribution in [2.45, 2.75) is 80.4 Å². The first-order chi connectivity index (χ1) is 32.1. The van der Waals surface area contributed by atoms with E-state index in [9.17, 15) is 24.0 Å². The molecule has 0 radical (unpaired) electrons. The smallest absolute Gasteiger partial charge is 0.276 e. The maximum Gasteiger partial charge on any atom is 0.276 e. The number of primary amides is 2. The maximum atomic E-state index is 13.9. The van der Waals surface area contributed by atoms with E-state index in [1.54, 1.807) is 39.6 Å². The molecule has 4 amide bonds. The molecule has 0 bridgehead atoms. The number of imidazole rings is 2. The molecule has 5 heterocycles. The van der Waals surface area contributed by atoms with Crippen LogP contribution >= 0.6 is 11.3 Å². The van der Waals surface area contributed by atoms with E-state index in [1.165, 1.54) is 18.4 Å². The van der Waals surface area contributed by atoms with Crippen LogP contribution in [0.15, 0.2) is 42.5 Å². The van der Waals surface area contributed by atoms with Gasteiger partial charge in [-0.1, -0.05) is 32.9 Å². The number of nitrogens with two attached hydrogens (primary N) is 2. The molecule has 19 nitrogen and oxygen atoms in total. The molecular weight excluding hydrogens is 877 g/mol. The number of aryl methyl sites for hydroxylation is 4. The number of thiazole rings is 1. The molecule has 354 valence electrons. The Balaban J connectivity index is 1.21. The maximum absolute atomic E-state index is 13.9. The highest BCUT2D eigenvalue weighted by atomic mass is 32.1. The lowest BCUT2D eigenvalue weighted by atomic mass is 10.1. The van der Waals surface area contributed by atoms with Gasteiger partial charge < -0.3 is 35.0 Å². The van der Waals surface area contributed by atoms with Gasteiger partial charge in [0.1, 0.15) is 34.1 Å². The fourth-order valence-corrected chi connectivity index (χ4v) is 9.28. The van der Waals surface area contributed by atoms with Gasteiger partial charge in [0, 0.05) is 69.4 Å². The standard InChI is InChI=1S/C47H58N12O7S/c1-8-32-42(67-29(6)50-32)36(60)26-39-51-33-22-30(43(48)61)24-37(65-7)40(33)57(39)14-10-11-15-58-41-34(52-47(58)53-45(63)35-21-28(5)54-59(35)9-2)23-31(44(49)62)25-38(41)66-20-12-13-55-16-18-56(19-17-55)46(64)27(3)4/h10-11,21-25,27H,8-9,12-20,26H2,1-7H3,(H2,48,61)(H2,49,62)(H,52,53,63)/b11-10+. The zero-order valence-electron chi connectivity index (χ0n) is 39.0. The molecule has 1 saturated heterocycles. The molecule has 6 aromatic rings. The van der Waals surface area contributed by atoms with E-state index in [1.807, 2.05) is 63.2 Å². The minimum Gasteiger partial charge on any atom is -0.494 e. The molecular formula is C47H58N12O7S. The van der Waals surface area contributed by atoms with Gasteiger partial charge in [-0.15, -0.1) is 11.3 Å². The lowest BCUT2D eigenvalue weighted by Gasteiger charge is -2.35. The van der Waals surface area contributed by atoms with Crippen LogP contribution < -0.4 is 26.3 Å². The van der Waals surface area contributed by atoms with Crippen LogP contribution in [0.3, 0.4) is 0 Å². The van der Waals surface area contributed by atoms with Crippen molar-refractivity contribution in [2.75, 3.05) is 51.8 Å². The first kappa shape index (κ1) is 48.0. The number of carbonyl (C=O) groups excluding carboxylic acids is 5. The third-order valence-corrected chi connectivity index (χ3v) is 12.7. The highest BCUT2D eigenvalue weighted by molar-refractivity contribution is 7.13. The molecule has 7 rings (SSSR count). The molecule has 20 heteroatoms. The van der Waals surface area contributed by atoms with E-state index in [4.69, 9.17) is 30.9 Å². The normalized spacial score (nSPS) is 13.3. The van der Waals surface area contributed by atoms with Crippen molar-refractivity contribution in [1.82, 2.24) is 43.7 Å². The predicted octanol–water partition coefficient (Wildman–Crippen LogP) is 4.95. The summed E-state index contributed by atoms with van der Waals surface area (Å²) in [5.74, 6) is -0.407. The molecule has 4 aromatic heterocycles. The number of rotatable bonds is 20. The zero-order valence-corrected chi connectivity index (χ0v) is 39.9. The van der Waals surface area contributed by atoms with E-state index >= 15 is 0 Å². The van der Waals surface area contributed by atoms with E-state index in [2.05, 4.69) is 20.3 Å². The summed E-state index contributed by atoms with van der Waals surface area (Å²) in [7, 11) is 1.49. The number of aromatic nitrogens is 7. The van der Waals surface area contributed by atoms with E-state index in [-0.39, 0.29) is 54.2 Å². The molecule has 1 aliphatic rings. The predicted molar refractivity (Wildman–Crippen MR) is 255 cm³/mol. The van der Waals surface area contributed by atoms with Crippen molar-refractivity contribution < 1.29 is 33.4 Å². The summed E-state index contributed by atoms with van der Waals surface area (Å²) in [6.07, 6.45) is 5.00. The van der Waals surface area contributed by atoms with Crippen LogP contribution in [0.2, 0.25) is 0 Å². The van der Waals surface area contributed by atoms with Crippen LogP contribution in [-0.4, -0.2) is 120 Å². The van der Waals surface area contributed by atoms with E-state index < -0.39 is 17.7 Å². The number of ether oxygens (including phenoxy) is 2. The number of allylic oxidation sites excluding steroid dienone is 2. The third kappa shape index (κ3) is 10.5. The van der Waals surface area contributed by atoms with Gasteiger partial charge in [0.25, 0.3) is 5.91 Å². The van der Waals surface area contributed by atoms with Gasteiger partial charge in [-0.3, -0.25) is 38.9 Å². The van der Waals surface area contributed by atoms with Crippen LogP contribution in [-0.2, 0) is 37.3 Å². The summed E-state index contributed by atoms with van der Waals surface area (Å²) in [5, 5.41) is 8.21. The second-order valence-corrected chi connectivity index (χ2v) is 17.9. The van der Waals surface area contributed by atoms with Crippen LogP contribution in [0.4, 0.5) is 5.95 Å². The summed E-state index contributed by atoms with van der Waals surface area (Å²) in [4.78, 5) is 84.2. The first-order valence-electron chi connectivity index (χ1n) is 22.5. The summed E-state index contributed by atoms with van der Waals surface area (Å²) in [6.45, 7) is 16.1. The Morgan fingerprint density at radius 2 is 1.49 bits per heavy atom. The number of hydrogen-bond donors (Lipinski definition) is 3. The minimum absolute atomic E-state index is 0.0424. The lowest BCUT2D eigenvalue weighted by Crippen LogP contribution is -2.50. The topological polar surface area (TPSA) is 241 Å². The number of fused-ring (bicyclic) bond motifs is 2. The summed E-state index contributed by atoms with van der Waals surface area (Å²) < 4.78 is 17.5. The quantitative estimate of drug-likeness (QED) is 0.0524. The van der Waals surface area contributed by atoms with E-state index in [0.29, 0.717) is 94.7 Å². The lowest BCUT2D eigenvalue weighted by molar-refractivity contribution is -0.136. The van der Waals surface area contributed by atoms with Crippen LogP contribution in [0, 0.1) is 19.8 Å². The van der Waals surface area contributed by atoms with Crippen LogP contribution in [0.5, 0.6) is 11.5 Å². The zero-order chi connectivity index (χ0) is 48.1.